The summed E-state index contributed by atoms with van der Waals surface area (Å²) in [5, 5.41) is 39.5. The number of benzene rings is 6. The molecule has 6 aromatic rings. The molecule has 0 bridgehead atoms. The number of fused-ring (bicyclic) bond motifs is 2. The highest BCUT2D eigenvalue weighted by molar-refractivity contribution is 7.86. The summed E-state index contributed by atoms with van der Waals surface area (Å²) in [6, 6.07) is 23.4. The van der Waals surface area contributed by atoms with Crippen LogP contribution in [0.1, 0.15) is 37.8 Å². The molecule has 0 saturated carbocycles. The van der Waals surface area contributed by atoms with Gasteiger partial charge in [-0.25, -0.2) is 0 Å². The Balaban J connectivity index is 1.38. The normalized spacial score (nSPS) is 12.4. The zero-order chi connectivity index (χ0) is 38.9. The molecule has 14 nitrogen and oxygen atoms in total. The number of nitrogen functional groups attached to an aromatic ring is 2. The maximum absolute atomic E-state index is 12.2. The molecule has 278 valence electrons. The lowest BCUT2D eigenvalue weighted by Crippen LogP contribution is -2.02. The molecule has 0 radical (unpaired) electrons. The molecule has 16 heteroatoms. The van der Waals surface area contributed by atoms with Gasteiger partial charge >= 0.3 is 0 Å². The van der Waals surface area contributed by atoms with Crippen LogP contribution in [0.5, 0.6) is 11.5 Å². The van der Waals surface area contributed by atoms with Gasteiger partial charge in [0.15, 0.2) is 22.9 Å². The Morgan fingerprint density at radius 1 is 0.537 bits per heavy atom. The maximum Gasteiger partial charge on any atom is 0.298 e. The third-order valence-corrected chi connectivity index (χ3v) is 10.7. The van der Waals surface area contributed by atoms with E-state index in [4.69, 9.17) is 11.5 Å². The SMILES string of the molecule is CCCc1cc(-c2ccc(/N=N/c3c(O)c(S(=O)(=O)O)c4ccccc4c3N)c(CCC)c2)ccc1/N=N/c1c(O)c(S(=O)(=O)O)c2ccccc2c1N. The summed E-state index contributed by atoms with van der Waals surface area (Å²) in [4.78, 5) is -1.42. The van der Waals surface area contributed by atoms with E-state index in [1.807, 2.05) is 38.1 Å². The van der Waals surface area contributed by atoms with E-state index in [1.54, 1.807) is 48.5 Å². The second-order valence-corrected chi connectivity index (χ2v) is 15.2. The van der Waals surface area contributed by atoms with Crippen LogP contribution in [0.25, 0.3) is 32.7 Å². The van der Waals surface area contributed by atoms with E-state index in [-0.39, 0.29) is 44.3 Å². The topological polar surface area (TPSA) is 251 Å². The summed E-state index contributed by atoms with van der Waals surface area (Å²) in [6.07, 6.45) is 2.72. The third-order valence-electron chi connectivity index (χ3n) is 8.88. The lowest BCUT2D eigenvalue weighted by atomic mass is 9.96. The van der Waals surface area contributed by atoms with Gasteiger partial charge in [0.1, 0.15) is 9.79 Å². The van der Waals surface area contributed by atoms with Crippen molar-refractivity contribution in [2.45, 2.75) is 49.3 Å². The zero-order valence-corrected chi connectivity index (χ0v) is 30.7. The number of hydrogen-bond acceptors (Lipinski definition) is 12. The number of azo groups is 2. The molecule has 0 atom stereocenters. The molecule has 0 spiro atoms. The minimum Gasteiger partial charge on any atom is -0.504 e. The lowest BCUT2D eigenvalue weighted by Gasteiger charge is -2.13. The lowest BCUT2D eigenvalue weighted by molar-refractivity contribution is 0.444. The number of aromatic hydroxyl groups is 2. The van der Waals surface area contributed by atoms with Crippen LogP contribution in [0.15, 0.2) is 115 Å². The number of phenols is 2. The standard InChI is InChI=1S/C38H36N6O8S2/c1-3-9-23-19-21(15-17-29(23)41-43-33-31(39)25-11-5-7-13-27(25)37(35(33)45)53(47,48)49)22-16-18-30(24(20-22)10-4-2)42-44-34-32(40)26-12-6-8-14-28(26)38(36(34)46)54(50,51)52/h5-8,11-20,45-46H,3-4,9-10,39-40H2,1-2H3,(H,47,48,49)(H,50,51,52)/b43-41+,44-42+. The molecule has 0 aliphatic rings. The number of nitrogens with zero attached hydrogens (tertiary/aromatic N) is 4. The fourth-order valence-corrected chi connectivity index (χ4v) is 8.00. The first kappa shape index (κ1) is 37.8. The summed E-state index contributed by atoms with van der Waals surface area (Å²) in [7, 11) is -9.70. The van der Waals surface area contributed by atoms with Crippen LogP contribution in [0.2, 0.25) is 0 Å². The quantitative estimate of drug-likeness (QED) is 0.0413. The average Bonchev–Trinajstić information content (AvgIpc) is 3.11. The predicted octanol–water partition coefficient (Wildman–Crippen LogP) is 9.46. The Kier molecular flexibility index (Phi) is 10.4. The van der Waals surface area contributed by atoms with Crippen LogP contribution < -0.4 is 11.5 Å². The van der Waals surface area contributed by atoms with Crippen LogP contribution in [0.4, 0.5) is 34.1 Å². The molecule has 0 unspecified atom stereocenters. The van der Waals surface area contributed by atoms with E-state index in [1.165, 1.54) is 12.1 Å². The highest BCUT2D eigenvalue weighted by atomic mass is 32.2. The van der Waals surface area contributed by atoms with E-state index in [9.17, 15) is 36.2 Å². The number of aryl methyl sites for hydroxylation is 2. The van der Waals surface area contributed by atoms with Crippen molar-refractivity contribution < 1.29 is 36.2 Å². The number of anilines is 2. The molecular weight excluding hydrogens is 733 g/mol. The van der Waals surface area contributed by atoms with E-state index in [0.717, 1.165) is 35.1 Å². The Morgan fingerprint density at radius 2 is 0.889 bits per heavy atom. The first-order valence-corrected chi connectivity index (χ1v) is 19.6. The highest BCUT2D eigenvalue weighted by Gasteiger charge is 2.27. The highest BCUT2D eigenvalue weighted by Crippen LogP contribution is 2.47. The third kappa shape index (κ3) is 7.19. The van der Waals surface area contributed by atoms with Gasteiger partial charge in [0.2, 0.25) is 0 Å². The zero-order valence-electron chi connectivity index (χ0n) is 29.1. The molecule has 0 aliphatic carbocycles. The fraction of sp³-hybridized carbons (Fsp3) is 0.158. The van der Waals surface area contributed by atoms with Crippen molar-refractivity contribution in [2.75, 3.05) is 11.5 Å². The second-order valence-electron chi connectivity index (χ2n) is 12.5. The Hall–Kier alpha value is -5.94. The molecule has 8 N–H and O–H groups in total. The van der Waals surface area contributed by atoms with Gasteiger partial charge < -0.3 is 21.7 Å². The van der Waals surface area contributed by atoms with Crippen LogP contribution >= 0.6 is 0 Å². The van der Waals surface area contributed by atoms with Crippen LogP contribution in [-0.4, -0.2) is 36.2 Å². The van der Waals surface area contributed by atoms with Crippen molar-refractivity contribution in [3.63, 3.8) is 0 Å². The van der Waals surface area contributed by atoms with Gasteiger partial charge in [-0.1, -0.05) is 87.4 Å². The van der Waals surface area contributed by atoms with Gasteiger partial charge in [0.25, 0.3) is 20.2 Å². The molecule has 0 heterocycles. The minimum atomic E-state index is -4.85. The van der Waals surface area contributed by atoms with Gasteiger partial charge in [0, 0.05) is 21.5 Å². The molecular formula is C38H36N6O8S2. The van der Waals surface area contributed by atoms with Crippen molar-refractivity contribution >= 4 is 75.9 Å². The first-order chi connectivity index (χ1) is 25.6. The second kappa shape index (κ2) is 14.8. The summed E-state index contributed by atoms with van der Waals surface area (Å²) in [6.45, 7) is 3.99. The van der Waals surface area contributed by atoms with E-state index >= 15 is 0 Å². The smallest absolute Gasteiger partial charge is 0.298 e. The number of nitrogens with two attached hydrogens (primary N) is 2. The monoisotopic (exact) mass is 768 g/mol. The Bertz CT molecular complexity index is 2560. The molecule has 0 fully saturated rings. The Labute approximate surface area is 311 Å². The summed E-state index contributed by atoms with van der Waals surface area (Å²) in [5.41, 5.74) is 16.2. The summed E-state index contributed by atoms with van der Waals surface area (Å²) >= 11 is 0. The molecule has 0 saturated heterocycles. The van der Waals surface area contributed by atoms with Gasteiger partial charge in [-0.05, 0) is 59.4 Å². The fourth-order valence-electron chi connectivity index (χ4n) is 6.41. The number of hydrogen-bond donors (Lipinski definition) is 6. The predicted molar refractivity (Wildman–Crippen MR) is 208 cm³/mol. The van der Waals surface area contributed by atoms with Gasteiger partial charge in [0.05, 0.1) is 22.7 Å². The summed E-state index contributed by atoms with van der Waals surface area (Å²) < 4.78 is 68.8. The van der Waals surface area contributed by atoms with Crippen LogP contribution in [0, 0.1) is 0 Å². The maximum atomic E-state index is 12.2. The van der Waals surface area contributed by atoms with E-state index in [0.29, 0.717) is 24.2 Å². The first-order valence-electron chi connectivity index (χ1n) is 16.8. The van der Waals surface area contributed by atoms with E-state index in [2.05, 4.69) is 20.5 Å². The molecule has 0 aliphatic heterocycles. The number of rotatable bonds is 11. The van der Waals surface area contributed by atoms with Crippen LogP contribution in [-0.2, 0) is 33.1 Å². The average molecular weight is 769 g/mol. The molecule has 0 amide bonds. The van der Waals surface area contributed by atoms with Crippen molar-refractivity contribution in [2.24, 2.45) is 20.5 Å². The molecule has 54 heavy (non-hydrogen) atoms. The molecule has 6 aromatic carbocycles. The van der Waals surface area contributed by atoms with Gasteiger partial charge in [-0.3, -0.25) is 9.11 Å². The van der Waals surface area contributed by atoms with Crippen molar-refractivity contribution in [1.82, 2.24) is 0 Å². The van der Waals surface area contributed by atoms with E-state index < -0.39 is 41.5 Å². The summed E-state index contributed by atoms with van der Waals surface area (Å²) in [5.74, 6) is -1.63. The molecule has 6 rings (SSSR count). The van der Waals surface area contributed by atoms with Gasteiger partial charge in [-0.2, -0.15) is 27.1 Å². The minimum absolute atomic E-state index is 0.00834. The van der Waals surface area contributed by atoms with Crippen molar-refractivity contribution in [3.05, 3.63) is 96.1 Å². The van der Waals surface area contributed by atoms with Crippen molar-refractivity contribution in [1.29, 1.82) is 0 Å². The van der Waals surface area contributed by atoms with Gasteiger partial charge in [-0.15, -0.1) is 10.2 Å². The van der Waals surface area contributed by atoms with Crippen molar-refractivity contribution in [3.8, 4) is 22.6 Å². The molecule has 0 aromatic heterocycles. The largest absolute Gasteiger partial charge is 0.504 e. The Morgan fingerprint density at radius 3 is 1.22 bits per heavy atom. The number of phenolic OH excluding ortho intramolecular Hbond substituents is 2. The van der Waals surface area contributed by atoms with Crippen LogP contribution in [0.3, 0.4) is 0 Å².